The third-order valence-electron chi connectivity index (χ3n) is 4.35. The zero-order valence-corrected chi connectivity index (χ0v) is 17.6. The molecule has 25 heavy (non-hydrogen) atoms. The molecule has 0 spiro atoms. The van der Waals surface area contributed by atoms with Crippen molar-refractivity contribution in [3.05, 3.63) is 60.7 Å². The molecule has 5 heteroatoms. The molecule has 0 unspecified atom stereocenters. The van der Waals surface area contributed by atoms with Crippen molar-refractivity contribution in [3.63, 3.8) is 0 Å². The maximum atomic E-state index is 13.3. The van der Waals surface area contributed by atoms with Crippen molar-refractivity contribution in [2.24, 2.45) is 4.03 Å². The van der Waals surface area contributed by atoms with Gasteiger partial charge in [0.05, 0.1) is 11.9 Å². The van der Waals surface area contributed by atoms with E-state index in [1.165, 1.54) is 0 Å². The summed E-state index contributed by atoms with van der Waals surface area (Å²) in [6.45, 7) is 8.21. The highest BCUT2D eigenvalue weighted by atomic mass is 32.2. The Kier molecular flexibility index (Phi) is 5.92. The minimum Gasteiger partial charge on any atom is -0.392 e. The van der Waals surface area contributed by atoms with Crippen LogP contribution in [0, 0.1) is 0 Å². The maximum Gasteiger partial charge on any atom is 0.260 e. The first-order valence-electron chi connectivity index (χ1n) is 8.58. The van der Waals surface area contributed by atoms with Gasteiger partial charge in [0.1, 0.15) is 0 Å². The molecule has 2 atom stereocenters. The summed E-state index contributed by atoms with van der Waals surface area (Å²) in [5.41, 5.74) is 0. The molecule has 3 nitrogen and oxygen atoms in total. The van der Waals surface area contributed by atoms with E-state index in [1.54, 1.807) is 13.2 Å². The summed E-state index contributed by atoms with van der Waals surface area (Å²) in [5.74, 6) is 0.192. The van der Waals surface area contributed by atoms with Gasteiger partial charge < -0.3 is 5.11 Å². The van der Waals surface area contributed by atoms with Gasteiger partial charge in [-0.3, -0.25) is 8.24 Å². The van der Waals surface area contributed by atoms with Crippen molar-refractivity contribution in [1.82, 2.24) is 0 Å². The van der Waals surface area contributed by atoms with Crippen LogP contribution in [-0.2, 0) is 9.73 Å². The third-order valence-corrected chi connectivity index (χ3v) is 12.6. The Morgan fingerprint density at radius 1 is 1.00 bits per heavy atom. The fraction of sp³-hybridized carbons (Fsp3) is 0.400. The molecule has 0 saturated carbocycles. The molecule has 0 amide bonds. The molecule has 2 aromatic carbocycles. The molecule has 0 aromatic heterocycles. The van der Waals surface area contributed by atoms with E-state index in [1.807, 2.05) is 36.4 Å². The Bertz CT molecular complexity index is 765. The molecule has 0 aliphatic heterocycles. The zero-order chi connectivity index (χ0) is 18.7. The molecule has 0 bridgehead atoms. The summed E-state index contributed by atoms with van der Waals surface area (Å²) in [6, 6.07) is 20.5. The van der Waals surface area contributed by atoms with Crippen molar-refractivity contribution >= 4 is 28.3 Å². The van der Waals surface area contributed by atoms with Gasteiger partial charge in [-0.05, 0) is 22.3 Å². The van der Waals surface area contributed by atoms with Crippen molar-refractivity contribution in [1.29, 1.82) is 0 Å². The minimum atomic E-state index is -2.71. The lowest BCUT2D eigenvalue weighted by Gasteiger charge is -2.40. The highest BCUT2D eigenvalue weighted by Crippen LogP contribution is 2.37. The number of benzene rings is 2. The van der Waals surface area contributed by atoms with Crippen molar-refractivity contribution in [2.75, 3.05) is 12.0 Å². The van der Waals surface area contributed by atoms with E-state index in [0.29, 0.717) is 0 Å². The highest BCUT2D eigenvalue weighted by Gasteiger charge is 2.49. The van der Waals surface area contributed by atoms with Gasteiger partial charge in [0.15, 0.2) is 0 Å². The first-order valence-corrected chi connectivity index (χ1v) is 12.6. The van der Waals surface area contributed by atoms with E-state index in [-0.39, 0.29) is 10.8 Å². The highest BCUT2D eigenvalue weighted by molar-refractivity contribution is 7.93. The SMILES string of the molecule is C[C@H](O)C[S@](C)(=O)=N[Si](c1ccccc1)(c1ccccc1)C(C)(C)C. The number of hydrogen-bond donors (Lipinski definition) is 1. The molecule has 2 aromatic rings. The standard InChI is InChI=1S/C20H29NO2SSi/c1-17(22)16-24(5,23)21-25(20(2,3)4,18-12-8-6-9-13-18)19-14-10-7-11-15-19/h6-15,17,22H,16H2,1-5H3/t17-,24-/m0/s1. The molecule has 0 aliphatic rings. The van der Waals surface area contributed by atoms with Crippen LogP contribution >= 0.6 is 0 Å². The van der Waals surface area contributed by atoms with E-state index in [0.717, 1.165) is 10.4 Å². The lowest BCUT2D eigenvalue weighted by atomic mass is 10.2. The summed E-state index contributed by atoms with van der Waals surface area (Å²) < 4.78 is 18.4. The minimum absolute atomic E-state index is 0.174. The van der Waals surface area contributed by atoms with Gasteiger partial charge in [0.25, 0.3) is 8.24 Å². The quantitative estimate of drug-likeness (QED) is 0.817. The Balaban J connectivity index is 2.88. The second-order valence-corrected chi connectivity index (χ2v) is 14.8. The zero-order valence-electron chi connectivity index (χ0n) is 15.8. The fourth-order valence-corrected chi connectivity index (χ4v) is 12.3. The average Bonchev–Trinajstić information content (AvgIpc) is 2.52. The smallest absolute Gasteiger partial charge is 0.260 e. The van der Waals surface area contributed by atoms with Crippen LogP contribution in [0.2, 0.25) is 5.04 Å². The van der Waals surface area contributed by atoms with E-state index in [4.69, 9.17) is 4.03 Å². The lowest BCUT2D eigenvalue weighted by molar-refractivity contribution is 0.219. The van der Waals surface area contributed by atoms with Crippen LogP contribution in [0.25, 0.3) is 0 Å². The molecule has 0 fully saturated rings. The predicted molar refractivity (Wildman–Crippen MR) is 111 cm³/mol. The van der Waals surface area contributed by atoms with Gasteiger partial charge in [0.2, 0.25) is 0 Å². The van der Waals surface area contributed by atoms with Crippen LogP contribution in [0.5, 0.6) is 0 Å². The molecule has 136 valence electrons. The molecular formula is C20H29NO2SSi. The summed E-state index contributed by atoms with van der Waals surface area (Å²) in [4.78, 5) is 0. The topological polar surface area (TPSA) is 49.7 Å². The van der Waals surface area contributed by atoms with Crippen molar-refractivity contribution < 1.29 is 9.32 Å². The monoisotopic (exact) mass is 375 g/mol. The van der Waals surface area contributed by atoms with Crippen LogP contribution in [0.4, 0.5) is 0 Å². The van der Waals surface area contributed by atoms with E-state index < -0.39 is 24.1 Å². The average molecular weight is 376 g/mol. The second kappa shape index (κ2) is 7.44. The first kappa shape index (κ1) is 19.9. The van der Waals surface area contributed by atoms with Gasteiger partial charge in [-0.2, -0.15) is 0 Å². The number of aliphatic hydroxyl groups excluding tert-OH is 1. The van der Waals surface area contributed by atoms with E-state index in [2.05, 4.69) is 45.0 Å². The van der Waals surface area contributed by atoms with Gasteiger partial charge in [0, 0.05) is 16.0 Å². The third kappa shape index (κ3) is 4.40. The Morgan fingerprint density at radius 2 is 1.40 bits per heavy atom. The van der Waals surface area contributed by atoms with E-state index in [9.17, 15) is 9.32 Å². The molecule has 0 heterocycles. The van der Waals surface area contributed by atoms with Gasteiger partial charge >= 0.3 is 0 Å². The molecule has 2 rings (SSSR count). The van der Waals surface area contributed by atoms with Gasteiger partial charge in [-0.1, -0.05) is 81.4 Å². The first-order chi connectivity index (χ1) is 11.6. The Morgan fingerprint density at radius 3 is 1.72 bits per heavy atom. The summed E-state index contributed by atoms with van der Waals surface area (Å²) in [5, 5.41) is 11.9. The van der Waals surface area contributed by atoms with Crippen LogP contribution in [0.3, 0.4) is 0 Å². The number of rotatable bonds is 5. The Hall–Kier alpha value is -1.43. The van der Waals surface area contributed by atoms with Crippen molar-refractivity contribution in [3.8, 4) is 0 Å². The lowest BCUT2D eigenvalue weighted by Crippen LogP contribution is -2.63. The van der Waals surface area contributed by atoms with Crippen molar-refractivity contribution in [2.45, 2.75) is 38.8 Å². The summed E-state index contributed by atoms with van der Waals surface area (Å²) in [6.07, 6.45) is 1.04. The fourth-order valence-electron chi connectivity index (χ4n) is 3.41. The van der Waals surface area contributed by atoms with Crippen LogP contribution < -0.4 is 10.4 Å². The number of aliphatic hydroxyl groups is 1. The summed E-state index contributed by atoms with van der Waals surface area (Å²) >= 11 is 0. The maximum absolute atomic E-state index is 13.3. The van der Waals surface area contributed by atoms with Gasteiger partial charge in [-0.25, -0.2) is 0 Å². The van der Waals surface area contributed by atoms with Gasteiger partial charge in [-0.15, -0.1) is 0 Å². The van der Waals surface area contributed by atoms with Crippen LogP contribution in [-0.4, -0.2) is 35.7 Å². The number of hydrogen-bond acceptors (Lipinski definition) is 3. The molecule has 0 radical (unpaired) electrons. The predicted octanol–water partition coefficient (Wildman–Crippen LogP) is 3.03. The van der Waals surface area contributed by atoms with Crippen LogP contribution in [0.15, 0.2) is 64.7 Å². The largest absolute Gasteiger partial charge is 0.392 e. The summed E-state index contributed by atoms with van der Waals surface area (Å²) in [7, 11) is -5.24. The second-order valence-electron chi connectivity index (χ2n) is 7.76. The molecule has 1 N–H and O–H groups in total. The van der Waals surface area contributed by atoms with E-state index >= 15 is 0 Å². The normalized spacial score (nSPS) is 16.1. The molecule has 0 saturated heterocycles. The van der Waals surface area contributed by atoms with Crippen LogP contribution in [0.1, 0.15) is 27.7 Å². The Labute approximate surface area is 153 Å². The molecular weight excluding hydrogens is 346 g/mol. The number of nitrogens with zero attached hydrogens (tertiary/aromatic N) is 1. The molecule has 0 aliphatic carbocycles.